The highest BCUT2D eigenvalue weighted by Gasteiger charge is 2.26. The first-order chi connectivity index (χ1) is 14.9. The molecule has 0 unspecified atom stereocenters. The molecular formula is C22H26I2N2O6. The molecule has 0 bridgehead atoms. The second kappa shape index (κ2) is 11.3. The fourth-order valence-electron chi connectivity index (χ4n) is 2.76. The number of amides is 2. The molecule has 1 atom stereocenters. The second-order valence-electron chi connectivity index (χ2n) is 7.87. The molecule has 0 radical (unpaired) electrons. The minimum atomic E-state index is -0.947. The van der Waals surface area contributed by atoms with Gasteiger partial charge in [0.1, 0.15) is 28.9 Å². The number of carbonyl (C=O) groups is 2. The van der Waals surface area contributed by atoms with E-state index >= 15 is 0 Å². The Hall–Kier alpha value is -1.96. The molecule has 0 saturated heterocycles. The van der Waals surface area contributed by atoms with E-state index in [9.17, 15) is 14.7 Å². The van der Waals surface area contributed by atoms with Crippen LogP contribution in [0, 0.1) is 7.14 Å². The smallest absolute Gasteiger partial charge is 0.408 e. The summed E-state index contributed by atoms with van der Waals surface area (Å²) in [6.45, 7) is 5.23. The standard InChI is InChI=1S/C22H26I2N2O6/c1-22(2,3)32-21(29)26-17(10-12-8-14(23)19(27)15(24)9-12)20(28)25-16-11-13(30-4)6-7-18(16)31-5/h6-9,11,17,27H,10H2,1-5H3,(H,25,28)(H,26,29)/t17-/m0/s1. The summed E-state index contributed by atoms with van der Waals surface area (Å²) in [6, 6.07) is 7.61. The van der Waals surface area contributed by atoms with E-state index in [0.29, 0.717) is 24.3 Å². The molecule has 0 aliphatic heterocycles. The molecule has 32 heavy (non-hydrogen) atoms. The van der Waals surface area contributed by atoms with Gasteiger partial charge in [-0.1, -0.05) is 0 Å². The molecule has 2 amide bonds. The molecule has 2 aromatic rings. The number of benzene rings is 2. The molecule has 3 N–H and O–H groups in total. The fraction of sp³-hybridized carbons (Fsp3) is 0.364. The fourth-order valence-corrected chi connectivity index (χ4v) is 4.66. The van der Waals surface area contributed by atoms with Crippen LogP contribution >= 0.6 is 45.2 Å². The molecule has 0 aliphatic carbocycles. The first-order valence-electron chi connectivity index (χ1n) is 9.62. The Labute approximate surface area is 214 Å². The number of aromatic hydroxyl groups is 1. The third kappa shape index (κ3) is 7.57. The summed E-state index contributed by atoms with van der Waals surface area (Å²) in [7, 11) is 3.02. The number of ether oxygens (including phenoxy) is 3. The second-order valence-corrected chi connectivity index (χ2v) is 10.2. The van der Waals surface area contributed by atoms with E-state index in [1.165, 1.54) is 14.2 Å². The van der Waals surface area contributed by atoms with Crippen LogP contribution in [0.3, 0.4) is 0 Å². The Balaban J connectivity index is 2.33. The van der Waals surface area contributed by atoms with Gasteiger partial charge in [-0.25, -0.2) is 4.79 Å². The number of hydrogen-bond donors (Lipinski definition) is 3. The van der Waals surface area contributed by atoms with Gasteiger partial charge < -0.3 is 30.0 Å². The number of rotatable bonds is 7. The number of phenolic OH excluding ortho intramolecular Hbond substituents is 1. The molecule has 0 fully saturated rings. The highest BCUT2D eigenvalue weighted by Crippen LogP contribution is 2.30. The first-order valence-corrected chi connectivity index (χ1v) is 11.8. The zero-order valence-electron chi connectivity index (χ0n) is 18.4. The van der Waals surface area contributed by atoms with Gasteiger partial charge in [0.05, 0.1) is 27.0 Å². The largest absolute Gasteiger partial charge is 0.506 e. The SMILES string of the molecule is COc1ccc(OC)c(NC(=O)[C@H](Cc2cc(I)c(O)c(I)c2)NC(=O)OC(C)(C)C)c1. The molecule has 0 heterocycles. The monoisotopic (exact) mass is 668 g/mol. The van der Waals surface area contributed by atoms with Gasteiger partial charge in [0.25, 0.3) is 0 Å². The van der Waals surface area contributed by atoms with Gasteiger partial charge in [0, 0.05) is 12.5 Å². The number of anilines is 1. The maximum absolute atomic E-state index is 13.2. The Morgan fingerprint density at radius 1 is 1.06 bits per heavy atom. The van der Waals surface area contributed by atoms with Crippen LogP contribution in [0.5, 0.6) is 17.2 Å². The minimum absolute atomic E-state index is 0.178. The van der Waals surface area contributed by atoms with Crippen LogP contribution in [-0.2, 0) is 16.0 Å². The number of phenols is 1. The number of alkyl carbamates (subject to hydrolysis) is 1. The van der Waals surface area contributed by atoms with Crippen LogP contribution in [-0.4, -0.2) is 43.0 Å². The zero-order chi connectivity index (χ0) is 24.1. The minimum Gasteiger partial charge on any atom is -0.506 e. The first kappa shape index (κ1) is 26.3. The molecule has 0 aromatic heterocycles. The van der Waals surface area contributed by atoms with Crippen LogP contribution in [0.2, 0.25) is 0 Å². The molecule has 2 aromatic carbocycles. The quantitative estimate of drug-likeness (QED) is 0.370. The predicted octanol–water partition coefficient (Wildman–Crippen LogP) is 4.69. The van der Waals surface area contributed by atoms with Crippen molar-refractivity contribution < 1.29 is 28.9 Å². The van der Waals surface area contributed by atoms with E-state index in [4.69, 9.17) is 14.2 Å². The van der Waals surface area contributed by atoms with E-state index in [1.807, 2.05) is 45.2 Å². The third-order valence-corrected chi connectivity index (χ3v) is 5.83. The van der Waals surface area contributed by atoms with Crippen molar-refractivity contribution in [2.45, 2.75) is 38.8 Å². The van der Waals surface area contributed by atoms with Gasteiger partial charge in [-0.15, -0.1) is 0 Å². The maximum atomic E-state index is 13.2. The molecule has 10 heteroatoms. The van der Waals surface area contributed by atoms with E-state index in [1.54, 1.807) is 51.1 Å². The summed E-state index contributed by atoms with van der Waals surface area (Å²) in [4.78, 5) is 25.6. The highest BCUT2D eigenvalue weighted by atomic mass is 127. The Bertz CT molecular complexity index is 968. The summed E-state index contributed by atoms with van der Waals surface area (Å²) < 4.78 is 17.2. The average molecular weight is 668 g/mol. The van der Waals surface area contributed by atoms with Crippen molar-refractivity contribution in [2.75, 3.05) is 19.5 Å². The van der Waals surface area contributed by atoms with Crippen molar-refractivity contribution in [3.63, 3.8) is 0 Å². The third-order valence-electron chi connectivity index (χ3n) is 4.19. The molecular weight excluding hydrogens is 642 g/mol. The van der Waals surface area contributed by atoms with Crippen LogP contribution in [0.1, 0.15) is 26.3 Å². The number of methoxy groups -OCH3 is 2. The molecule has 8 nitrogen and oxygen atoms in total. The number of carbonyl (C=O) groups excluding carboxylic acids is 2. The average Bonchev–Trinajstić information content (AvgIpc) is 2.69. The number of hydrogen-bond acceptors (Lipinski definition) is 6. The summed E-state index contributed by atoms with van der Waals surface area (Å²) >= 11 is 4.04. The van der Waals surface area contributed by atoms with Crippen molar-refractivity contribution in [1.29, 1.82) is 0 Å². The van der Waals surface area contributed by atoms with Crippen LogP contribution < -0.4 is 20.1 Å². The number of halogens is 2. The van der Waals surface area contributed by atoms with E-state index < -0.39 is 23.6 Å². The Morgan fingerprint density at radius 3 is 2.22 bits per heavy atom. The van der Waals surface area contributed by atoms with Crippen molar-refractivity contribution in [3.8, 4) is 17.2 Å². The van der Waals surface area contributed by atoms with Crippen molar-refractivity contribution in [1.82, 2.24) is 5.32 Å². The molecule has 0 aliphatic rings. The van der Waals surface area contributed by atoms with E-state index in [0.717, 1.165) is 5.56 Å². The van der Waals surface area contributed by atoms with Gasteiger partial charge >= 0.3 is 6.09 Å². The topological polar surface area (TPSA) is 106 Å². The van der Waals surface area contributed by atoms with Crippen molar-refractivity contribution in [3.05, 3.63) is 43.0 Å². The van der Waals surface area contributed by atoms with Crippen LogP contribution in [0.15, 0.2) is 30.3 Å². The molecule has 0 spiro atoms. The lowest BCUT2D eigenvalue weighted by Crippen LogP contribution is -2.47. The van der Waals surface area contributed by atoms with Gasteiger partial charge in [0.2, 0.25) is 5.91 Å². The van der Waals surface area contributed by atoms with Gasteiger partial charge in [0.15, 0.2) is 0 Å². The Kier molecular flexibility index (Phi) is 9.25. The zero-order valence-corrected chi connectivity index (χ0v) is 22.7. The lowest BCUT2D eigenvalue weighted by atomic mass is 10.0. The highest BCUT2D eigenvalue weighted by molar-refractivity contribution is 14.1. The summed E-state index contributed by atoms with van der Waals surface area (Å²) in [5.74, 6) is 0.710. The van der Waals surface area contributed by atoms with Crippen LogP contribution in [0.4, 0.5) is 10.5 Å². The Morgan fingerprint density at radius 2 is 1.69 bits per heavy atom. The lowest BCUT2D eigenvalue weighted by molar-refractivity contribution is -0.118. The van der Waals surface area contributed by atoms with Crippen molar-refractivity contribution >= 4 is 62.9 Å². The summed E-state index contributed by atoms with van der Waals surface area (Å²) in [5.41, 5.74) is 0.456. The van der Waals surface area contributed by atoms with Gasteiger partial charge in [-0.2, -0.15) is 0 Å². The number of nitrogens with one attached hydrogen (secondary N) is 2. The van der Waals surface area contributed by atoms with E-state index in [2.05, 4.69) is 10.6 Å². The molecule has 174 valence electrons. The normalized spacial score (nSPS) is 12.0. The molecule has 2 rings (SSSR count). The summed E-state index contributed by atoms with van der Waals surface area (Å²) in [6.07, 6.45) is -0.526. The van der Waals surface area contributed by atoms with Crippen LogP contribution in [0.25, 0.3) is 0 Å². The molecule has 0 saturated carbocycles. The predicted molar refractivity (Wildman–Crippen MR) is 139 cm³/mol. The van der Waals surface area contributed by atoms with Gasteiger partial charge in [-0.05, 0) is 95.8 Å². The van der Waals surface area contributed by atoms with Gasteiger partial charge in [-0.3, -0.25) is 4.79 Å². The maximum Gasteiger partial charge on any atom is 0.408 e. The van der Waals surface area contributed by atoms with E-state index in [-0.39, 0.29) is 12.2 Å². The lowest BCUT2D eigenvalue weighted by Gasteiger charge is -2.24. The van der Waals surface area contributed by atoms with Crippen molar-refractivity contribution in [2.24, 2.45) is 0 Å². The summed E-state index contributed by atoms with van der Waals surface area (Å²) in [5, 5.41) is 15.5.